The molecular formula is C14H14F2N2O. The molecule has 0 aliphatic carbocycles. The van der Waals surface area contributed by atoms with Gasteiger partial charge in [-0.25, -0.2) is 8.78 Å². The molecule has 1 aromatic heterocycles. The van der Waals surface area contributed by atoms with E-state index in [4.69, 9.17) is 0 Å². The van der Waals surface area contributed by atoms with Gasteiger partial charge in [-0.1, -0.05) is 0 Å². The van der Waals surface area contributed by atoms with E-state index in [9.17, 15) is 13.6 Å². The number of aromatic nitrogens is 1. The molecule has 1 fully saturated rings. The van der Waals surface area contributed by atoms with Gasteiger partial charge in [0, 0.05) is 28.7 Å². The molecule has 1 saturated heterocycles. The van der Waals surface area contributed by atoms with Gasteiger partial charge in [-0.15, -0.1) is 0 Å². The van der Waals surface area contributed by atoms with Crippen LogP contribution in [0.25, 0.3) is 10.9 Å². The summed E-state index contributed by atoms with van der Waals surface area (Å²) in [5.74, 6) is -1.87. The molecule has 2 aromatic rings. The first-order valence-electron chi connectivity index (χ1n) is 6.28. The summed E-state index contributed by atoms with van der Waals surface area (Å²) in [4.78, 5) is 17.3. The van der Waals surface area contributed by atoms with Gasteiger partial charge in [-0.05, 0) is 32.5 Å². The first kappa shape index (κ1) is 12.3. The van der Waals surface area contributed by atoms with Crippen LogP contribution in [0.5, 0.6) is 0 Å². The Labute approximate surface area is 109 Å². The summed E-state index contributed by atoms with van der Waals surface area (Å²) in [5.41, 5.74) is 0.885. The van der Waals surface area contributed by atoms with Crippen molar-refractivity contribution in [3.05, 3.63) is 35.5 Å². The molecule has 19 heavy (non-hydrogen) atoms. The average molecular weight is 264 g/mol. The topological polar surface area (TPSA) is 36.1 Å². The van der Waals surface area contributed by atoms with E-state index >= 15 is 0 Å². The molecule has 1 aliphatic heterocycles. The van der Waals surface area contributed by atoms with Gasteiger partial charge in [0.25, 0.3) is 0 Å². The maximum atomic E-state index is 13.3. The predicted molar refractivity (Wildman–Crippen MR) is 68.2 cm³/mol. The van der Waals surface area contributed by atoms with Crippen molar-refractivity contribution < 1.29 is 13.6 Å². The van der Waals surface area contributed by atoms with Crippen LogP contribution in [0.4, 0.5) is 8.78 Å². The predicted octanol–water partition coefficient (Wildman–Crippen LogP) is 2.72. The zero-order chi connectivity index (χ0) is 13.6. The van der Waals surface area contributed by atoms with Gasteiger partial charge in [0.2, 0.25) is 0 Å². The summed E-state index contributed by atoms with van der Waals surface area (Å²) in [5, 5.41) is 0.448. The zero-order valence-electron chi connectivity index (χ0n) is 10.5. The molecule has 3 rings (SSSR count). The monoisotopic (exact) mass is 264 g/mol. The van der Waals surface area contributed by atoms with Gasteiger partial charge in [-0.3, -0.25) is 9.69 Å². The summed E-state index contributed by atoms with van der Waals surface area (Å²) in [6, 6.07) is 2.01. The smallest absolute Gasteiger partial charge is 0.182 e. The molecule has 0 bridgehead atoms. The minimum absolute atomic E-state index is 0.0303. The first-order chi connectivity index (χ1) is 9.08. The third-order valence-corrected chi connectivity index (χ3v) is 3.81. The number of benzene rings is 1. The molecule has 1 N–H and O–H groups in total. The number of nitrogens with one attached hydrogen (secondary N) is 1. The Hall–Kier alpha value is -1.75. The van der Waals surface area contributed by atoms with Gasteiger partial charge >= 0.3 is 0 Å². The van der Waals surface area contributed by atoms with Crippen LogP contribution < -0.4 is 0 Å². The Morgan fingerprint density at radius 3 is 2.79 bits per heavy atom. The highest BCUT2D eigenvalue weighted by molar-refractivity contribution is 6.10. The summed E-state index contributed by atoms with van der Waals surface area (Å²) in [7, 11) is 1.91. The van der Waals surface area contributed by atoms with Gasteiger partial charge in [0.1, 0.15) is 0 Å². The van der Waals surface area contributed by atoms with Crippen molar-refractivity contribution >= 4 is 16.7 Å². The van der Waals surface area contributed by atoms with E-state index in [1.165, 1.54) is 6.20 Å². The van der Waals surface area contributed by atoms with Crippen LogP contribution in [0.1, 0.15) is 23.2 Å². The standard InChI is InChI=1S/C14H14F2N2O/c1-18-4-2-3-13(18)14(19)9-7-17-12-6-11(16)10(15)5-8(9)12/h5-7,13,17H,2-4H2,1H3/t13-/m0/s1. The second-order valence-electron chi connectivity index (χ2n) is 5.02. The number of fused-ring (bicyclic) bond motifs is 1. The van der Waals surface area contributed by atoms with Crippen molar-refractivity contribution in [3.8, 4) is 0 Å². The van der Waals surface area contributed by atoms with Crippen LogP contribution in [0.15, 0.2) is 18.3 Å². The molecule has 3 nitrogen and oxygen atoms in total. The Morgan fingerprint density at radius 1 is 1.37 bits per heavy atom. The van der Waals surface area contributed by atoms with Crippen molar-refractivity contribution in [3.63, 3.8) is 0 Å². The van der Waals surface area contributed by atoms with Gasteiger partial charge < -0.3 is 4.98 Å². The zero-order valence-corrected chi connectivity index (χ0v) is 10.5. The molecule has 0 unspecified atom stereocenters. The largest absolute Gasteiger partial charge is 0.360 e. The number of likely N-dealkylation sites (N-methyl/N-ethyl adjacent to an activating group) is 1. The molecule has 0 spiro atoms. The first-order valence-corrected chi connectivity index (χ1v) is 6.28. The van der Waals surface area contributed by atoms with E-state index in [1.807, 2.05) is 11.9 Å². The van der Waals surface area contributed by atoms with Crippen LogP contribution in [0, 0.1) is 11.6 Å². The molecule has 5 heteroatoms. The molecule has 0 saturated carbocycles. The molecule has 1 aromatic carbocycles. The summed E-state index contributed by atoms with van der Waals surface area (Å²) >= 11 is 0. The number of hydrogen-bond acceptors (Lipinski definition) is 2. The normalized spacial score (nSPS) is 20.3. The summed E-state index contributed by atoms with van der Waals surface area (Å²) < 4.78 is 26.4. The third-order valence-electron chi connectivity index (χ3n) is 3.81. The van der Waals surface area contributed by atoms with Gasteiger partial charge in [-0.2, -0.15) is 0 Å². The lowest BCUT2D eigenvalue weighted by Crippen LogP contribution is -2.32. The van der Waals surface area contributed by atoms with Crippen LogP contribution >= 0.6 is 0 Å². The fraction of sp³-hybridized carbons (Fsp3) is 0.357. The average Bonchev–Trinajstić information content (AvgIpc) is 2.96. The molecule has 0 radical (unpaired) electrons. The lowest BCUT2D eigenvalue weighted by Gasteiger charge is -2.17. The minimum atomic E-state index is -0.930. The van der Waals surface area contributed by atoms with Crippen molar-refractivity contribution in [1.82, 2.24) is 9.88 Å². The number of likely N-dealkylation sites (tertiary alicyclic amines) is 1. The number of ketones is 1. The lowest BCUT2D eigenvalue weighted by molar-refractivity contribution is 0.0892. The fourth-order valence-corrected chi connectivity index (χ4v) is 2.74. The number of H-pyrrole nitrogens is 1. The van der Waals surface area contributed by atoms with E-state index in [1.54, 1.807) is 0 Å². The van der Waals surface area contributed by atoms with Crippen LogP contribution in [-0.2, 0) is 0 Å². The molecular weight excluding hydrogens is 250 g/mol. The van der Waals surface area contributed by atoms with Crippen LogP contribution in [0.3, 0.4) is 0 Å². The van der Waals surface area contributed by atoms with E-state index in [0.29, 0.717) is 16.5 Å². The molecule has 1 aliphatic rings. The van der Waals surface area contributed by atoms with Crippen LogP contribution in [0.2, 0.25) is 0 Å². The van der Waals surface area contributed by atoms with E-state index in [-0.39, 0.29) is 11.8 Å². The summed E-state index contributed by atoms with van der Waals surface area (Å²) in [6.07, 6.45) is 3.34. The molecule has 0 amide bonds. The molecule has 100 valence electrons. The number of Topliss-reactive ketones (excluding diaryl/α,β-unsaturated/α-hetero) is 1. The summed E-state index contributed by atoms with van der Waals surface area (Å²) in [6.45, 7) is 0.891. The van der Waals surface area contributed by atoms with Gasteiger partial charge in [0.15, 0.2) is 17.4 Å². The quantitative estimate of drug-likeness (QED) is 0.847. The maximum absolute atomic E-state index is 13.3. The number of rotatable bonds is 2. The Kier molecular flexibility index (Phi) is 2.86. The second kappa shape index (κ2) is 4.42. The highest BCUT2D eigenvalue weighted by Gasteiger charge is 2.30. The molecule has 2 heterocycles. The SMILES string of the molecule is CN1CCC[C@H]1C(=O)c1c[nH]c2cc(F)c(F)cc12. The number of carbonyl (C=O) groups excluding carboxylic acids is 1. The fourth-order valence-electron chi connectivity index (χ4n) is 2.74. The highest BCUT2D eigenvalue weighted by atomic mass is 19.2. The van der Waals surface area contributed by atoms with E-state index < -0.39 is 11.6 Å². The number of carbonyl (C=O) groups is 1. The number of aromatic amines is 1. The van der Waals surface area contributed by atoms with Crippen molar-refractivity contribution in [2.24, 2.45) is 0 Å². The van der Waals surface area contributed by atoms with E-state index in [2.05, 4.69) is 4.98 Å². The van der Waals surface area contributed by atoms with E-state index in [0.717, 1.165) is 31.5 Å². The number of halogens is 2. The van der Waals surface area contributed by atoms with Crippen molar-refractivity contribution in [2.45, 2.75) is 18.9 Å². The molecule has 1 atom stereocenters. The van der Waals surface area contributed by atoms with Gasteiger partial charge in [0.05, 0.1) is 6.04 Å². The Balaban J connectivity index is 2.05. The third kappa shape index (κ3) is 1.94. The lowest BCUT2D eigenvalue weighted by atomic mass is 10.0. The highest BCUT2D eigenvalue weighted by Crippen LogP contribution is 2.26. The minimum Gasteiger partial charge on any atom is -0.360 e. The van der Waals surface area contributed by atoms with Crippen molar-refractivity contribution in [1.29, 1.82) is 0 Å². The number of hydrogen-bond donors (Lipinski definition) is 1. The maximum Gasteiger partial charge on any atom is 0.182 e. The Morgan fingerprint density at radius 2 is 2.11 bits per heavy atom. The second-order valence-corrected chi connectivity index (χ2v) is 5.02. The Bertz CT molecular complexity index is 650. The van der Waals surface area contributed by atoms with Crippen LogP contribution in [-0.4, -0.2) is 35.3 Å². The number of nitrogens with zero attached hydrogens (tertiary/aromatic N) is 1. The van der Waals surface area contributed by atoms with Crippen molar-refractivity contribution in [2.75, 3.05) is 13.6 Å².